The van der Waals surface area contributed by atoms with Crippen LogP contribution in [0.15, 0.2) is 67.0 Å². The number of hydrogen-bond acceptors (Lipinski definition) is 6. The number of pyridine rings is 1. The second-order valence-electron chi connectivity index (χ2n) is 7.37. The number of benzene rings is 2. The second-order valence-corrected chi connectivity index (χ2v) is 8.38. The van der Waals surface area contributed by atoms with Gasteiger partial charge < -0.3 is 9.47 Å². The summed E-state index contributed by atoms with van der Waals surface area (Å²) in [6, 6.07) is 12.5. The van der Waals surface area contributed by atoms with Gasteiger partial charge in [-0.3, -0.25) is 14.7 Å². The number of aromatic nitrogens is 2. The zero-order valence-electron chi connectivity index (χ0n) is 18.7. The van der Waals surface area contributed by atoms with Gasteiger partial charge in [-0.1, -0.05) is 23.5 Å². The first-order chi connectivity index (χ1) is 16.8. The normalized spacial score (nSPS) is 11.7. The zero-order valence-corrected chi connectivity index (χ0v) is 19.6. The minimum absolute atomic E-state index is 0.110. The standard InChI is InChI=1S/C25H20F3N3O3S/c1-33-19-8-6-16(14-20(19)34-2)7-9-22(32)31(15-17-10-12-29-13-11-17)24-30-23-18(25(26,27)28)4-3-5-21(23)35-24/h3-14H,15H2,1-2H3/b9-7+. The summed E-state index contributed by atoms with van der Waals surface area (Å²) in [7, 11) is 3.03. The molecule has 0 saturated carbocycles. The third kappa shape index (κ3) is 5.43. The number of carbonyl (C=O) groups excluding carboxylic acids is 1. The third-order valence-electron chi connectivity index (χ3n) is 5.13. The highest BCUT2D eigenvalue weighted by molar-refractivity contribution is 7.22. The topological polar surface area (TPSA) is 64.5 Å². The van der Waals surface area contributed by atoms with Gasteiger partial charge in [0.25, 0.3) is 5.91 Å². The van der Waals surface area contributed by atoms with Crippen molar-refractivity contribution in [1.29, 1.82) is 0 Å². The van der Waals surface area contributed by atoms with E-state index in [1.807, 2.05) is 0 Å². The van der Waals surface area contributed by atoms with Crippen molar-refractivity contribution < 1.29 is 27.4 Å². The van der Waals surface area contributed by atoms with Gasteiger partial charge in [-0.05, 0) is 53.6 Å². The monoisotopic (exact) mass is 499 g/mol. The number of ether oxygens (including phenoxy) is 2. The van der Waals surface area contributed by atoms with Crippen LogP contribution < -0.4 is 14.4 Å². The van der Waals surface area contributed by atoms with Crippen LogP contribution in [0.1, 0.15) is 16.7 Å². The Hall–Kier alpha value is -3.92. The second kappa shape index (κ2) is 10.1. The van der Waals surface area contributed by atoms with Crippen molar-refractivity contribution in [3.63, 3.8) is 0 Å². The van der Waals surface area contributed by atoms with Crippen LogP contribution in [0.5, 0.6) is 11.5 Å². The van der Waals surface area contributed by atoms with Gasteiger partial charge in [0.2, 0.25) is 0 Å². The highest BCUT2D eigenvalue weighted by atomic mass is 32.1. The van der Waals surface area contributed by atoms with Crippen molar-refractivity contribution in [2.24, 2.45) is 0 Å². The Balaban J connectivity index is 1.71. The van der Waals surface area contributed by atoms with E-state index in [0.29, 0.717) is 21.8 Å². The van der Waals surface area contributed by atoms with Gasteiger partial charge in [-0.2, -0.15) is 13.2 Å². The largest absolute Gasteiger partial charge is 0.493 e. The molecule has 4 rings (SSSR count). The number of fused-ring (bicyclic) bond motifs is 1. The Bertz CT molecular complexity index is 1370. The molecule has 2 aromatic heterocycles. The average molecular weight is 500 g/mol. The molecule has 2 heterocycles. The van der Waals surface area contributed by atoms with Gasteiger partial charge in [0.05, 0.1) is 36.5 Å². The van der Waals surface area contributed by atoms with Crippen LogP contribution in [0.4, 0.5) is 18.3 Å². The number of hydrogen-bond donors (Lipinski definition) is 0. The van der Waals surface area contributed by atoms with Gasteiger partial charge in [0.1, 0.15) is 0 Å². The summed E-state index contributed by atoms with van der Waals surface area (Å²) in [5, 5.41) is 0.162. The van der Waals surface area contributed by atoms with E-state index in [1.54, 1.807) is 54.9 Å². The molecule has 0 atom stereocenters. The molecule has 0 N–H and O–H groups in total. The summed E-state index contributed by atoms with van der Waals surface area (Å²) in [5.41, 5.74) is 0.415. The fourth-order valence-electron chi connectivity index (χ4n) is 3.41. The molecule has 4 aromatic rings. The first-order valence-corrected chi connectivity index (χ1v) is 11.2. The Morgan fingerprint density at radius 2 is 1.80 bits per heavy atom. The molecule has 0 aliphatic carbocycles. The maximum absolute atomic E-state index is 13.5. The van der Waals surface area contributed by atoms with Gasteiger partial charge in [-0.15, -0.1) is 0 Å². The van der Waals surface area contributed by atoms with E-state index in [2.05, 4.69) is 9.97 Å². The third-order valence-corrected chi connectivity index (χ3v) is 6.17. The first kappa shape index (κ1) is 24.2. The molecule has 0 saturated heterocycles. The van der Waals surface area contributed by atoms with Crippen LogP contribution in [-0.4, -0.2) is 30.1 Å². The van der Waals surface area contributed by atoms with Gasteiger partial charge >= 0.3 is 6.18 Å². The Kier molecular flexibility index (Phi) is 7.02. The number of anilines is 1. The molecule has 0 bridgehead atoms. The van der Waals surface area contributed by atoms with Crippen LogP contribution in [0.2, 0.25) is 0 Å². The van der Waals surface area contributed by atoms with Crippen molar-refractivity contribution in [1.82, 2.24) is 9.97 Å². The fourth-order valence-corrected chi connectivity index (χ4v) is 4.40. The molecular formula is C25H20F3N3O3S. The van der Waals surface area contributed by atoms with Crippen LogP contribution in [0, 0.1) is 0 Å². The number of carbonyl (C=O) groups is 1. The zero-order chi connectivity index (χ0) is 25.0. The molecule has 0 fully saturated rings. The lowest BCUT2D eigenvalue weighted by molar-refractivity contribution is -0.136. The van der Waals surface area contributed by atoms with E-state index < -0.39 is 17.6 Å². The van der Waals surface area contributed by atoms with E-state index in [-0.39, 0.29) is 17.2 Å². The number of methoxy groups -OCH3 is 2. The number of nitrogens with zero attached hydrogens (tertiary/aromatic N) is 3. The SMILES string of the molecule is COc1ccc(/C=C/C(=O)N(Cc2ccncc2)c2nc3c(C(F)(F)F)cccc3s2)cc1OC. The number of amides is 1. The van der Waals surface area contributed by atoms with E-state index in [4.69, 9.17) is 9.47 Å². The summed E-state index contributed by atoms with van der Waals surface area (Å²) in [4.78, 5) is 22.8. The van der Waals surface area contributed by atoms with Gasteiger partial charge in [0.15, 0.2) is 16.6 Å². The summed E-state index contributed by atoms with van der Waals surface area (Å²) in [6.07, 6.45) is 1.55. The molecule has 0 radical (unpaired) electrons. The van der Waals surface area contributed by atoms with Crippen molar-refractivity contribution in [2.75, 3.05) is 19.1 Å². The molecule has 1 amide bonds. The number of alkyl halides is 3. The molecule has 0 aliphatic heterocycles. The first-order valence-electron chi connectivity index (χ1n) is 10.4. The van der Waals surface area contributed by atoms with Crippen molar-refractivity contribution >= 4 is 38.7 Å². The lowest BCUT2D eigenvalue weighted by Crippen LogP contribution is -2.28. The lowest BCUT2D eigenvalue weighted by Gasteiger charge is -2.18. The van der Waals surface area contributed by atoms with Gasteiger partial charge in [0, 0.05) is 18.5 Å². The summed E-state index contributed by atoms with van der Waals surface area (Å²) in [6.45, 7) is 0.110. The minimum Gasteiger partial charge on any atom is -0.493 e. The van der Waals surface area contributed by atoms with E-state index in [1.165, 1.54) is 31.3 Å². The molecule has 35 heavy (non-hydrogen) atoms. The summed E-state index contributed by atoms with van der Waals surface area (Å²) < 4.78 is 51.4. The molecule has 2 aromatic carbocycles. The Morgan fingerprint density at radius 3 is 2.49 bits per heavy atom. The van der Waals surface area contributed by atoms with Crippen LogP contribution in [0.3, 0.4) is 0 Å². The molecule has 0 spiro atoms. The Labute approximate surface area is 203 Å². The number of para-hydroxylation sites is 1. The molecule has 0 aliphatic rings. The summed E-state index contributed by atoms with van der Waals surface area (Å²) >= 11 is 1.02. The molecule has 10 heteroatoms. The number of halogens is 3. The average Bonchev–Trinajstić information content (AvgIpc) is 3.29. The predicted octanol–water partition coefficient (Wildman–Crippen LogP) is 5.97. The smallest absolute Gasteiger partial charge is 0.418 e. The number of rotatable bonds is 7. The minimum atomic E-state index is -4.56. The van der Waals surface area contributed by atoms with Crippen molar-refractivity contribution in [3.05, 3.63) is 83.7 Å². The van der Waals surface area contributed by atoms with Crippen LogP contribution in [-0.2, 0) is 17.5 Å². The quantitative estimate of drug-likeness (QED) is 0.293. The van der Waals surface area contributed by atoms with Crippen molar-refractivity contribution in [2.45, 2.75) is 12.7 Å². The van der Waals surface area contributed by atoms with E-state index in [0.717, 1.165) is 23.0 Å². The fraction of sp³-hybridized carbons (Fsp3) is 0.160. The molecule has 6 nitrogen and oxygen atoms in total. The maximum Gasteiger partial charge on any atom is 0.418 e. The van der Waals surface area contributed by atoms with Crippen LogP contribution in [0.25, 0.3) is 16.3 Å². The maximum atomic E-state index is 13.5. The predicted molar refractivity (Wildman–Crippen MR) is 129 cm³/mol. The van der Waals surface area contributed by atoms with Crippen molar-refractivity contribution in [3.8, 4) is 11.5 Å². The highest BCUT2D eigenvalue weighted by Gasteiger charge is 2.34. The summed E-state index contributed by atoms with van der Waals surface area (Å²) in [5.74, 6) is 0.607. The van der Waals surface area contributed by atoms with E-state index in [9.17, 15) is 18.0 Å². The van der Waals surface area contributed by atoms with E-state index >= 15 is 0 Å². The van der Waals surface area contributed by atoms with Crippen LogP contribution >= 0.6 is 11.3 Å². The molecule has 180 valence electrons. The molecular weight excluding hydrogens is 479 g/mol. The molecule has 0 unspecified atom stereocenters. The van der Waals surface area contributed by atoms with Gasteiger partial charge in [-0.25, -0.2) is 4.98 Å². The Morgan fingerprint density at radius 1 is 1.06 bits per heavy atom. The number of thiazole rings is 1. The lowest BCUT2D eigenvalue weighted by atomic mass is 10.2. The highest BCUT2D eigenvalue weighted by Crippen LogP contribution is 2.39.